The van der Waals surface area contributed by atoms with Crippen molar-refractivity contribution in [2.24, 2.45) is 5.10 Å². The molecule has 2 aromatic carbocycles. The molecule has 0 aliphatic rings. The van der Waals surface area contributed by atoms with Gasteiger partial charge in [0, 0.05) is 22.7 Å². The van der Waals surface area contributed by atoms with Crippen molar-refractivity contribution < 1.29 is 13.2 Å². The van der Waals surface area contributed by atoms with Crippen LogP contribution in [0.25, 0.3) is 10.9 Å². The first-order chi connectivity index (χ1) is 11.6. The van der Waals surface area contributed by atoms with Gasteiger partial charge in [0.25, 0.3) is 10.0 Å². The van der Waals surface area contributed by atoms with E-state index in [-0.39, 0.29) is 4.90 Å². The Morgan fingerprint density at radius 2 is 1.92 bits per heavy atom. The summed E-state index contributed by atoms with van der Waals surface area (Å²) in [4.78, 5) is 5.45. The van der Waals surface area contributed by atoms with Crippen LogP contribution in [0.15, 0.2) is 64.7 Å². The summed E-state index contributed by atoms with van der Waals surface area (Å²) in [6.45, 7) is 2.39. The van der Waals surface area contributed by atoms with Gasteiger partial charge in [-0.1, -0.05) is 18.2 Å². The number of nitrogens with one attached hydrogen (secondary N) is 2. The lowest BCUT2D eigenvalue weighted by atomic mass is 10.2. The third-order valence-electron chi connectivity index (χ3n) is 3.44. The van der Waals surface area contributed by atoms with Gasteiger partial charge in [-0.05, 0) is 37.3 Å². The molecule has 1 heterocycles. The number of aromatic nitrogens is 1. The summed E-state index contributed by atoms with van der Waals surface area (Å²) in [7, 11) is -3.71. The second-order valence-corrected chi connectivity index (χ2v) is 6.71. The fraction of sp³-hybridized carbons (Fsp3) is 0.118. The topological polar surface area (TPSA) is 83.6 Å². The Kier molecular flexibility index (Phi) is 4.52. The molecule has 0 unspecified atom stereocenters. The van der Waals surface area contributed by atoms with Crippen molar-refractivity contribution in [2.75, 3.05) is 6.61 Å². The van der Waals surface area contributed by atoms with Crippen LogP contribution >= 0.6 is 0 Å². The van der Waals surface area contributed by atoms with Crippen molar-refractivity contribution in [2.45, 2.75) is 11.8 Å². The zero-order chi connectivity index (χ0) is 17.0. The van der Waals surface area contributed by atoms with Gasteiger partial charge in [-0.2, -0.15) is 13.5 Å². The van der Waals surface area contributed by atoms with E-state index in [0.29, 0.717) is 12.4 Å². The van der Waals surface area contributed by atoms with E-state index < -0.39 is 10.0 Å². The zero-order valence-corrected chi connectivity index (χ0v) is 13.9. The number of hydrogen-bond donors (Lipinski definition) is 2. The van der Waals surface area contributed by atoms with E-state index in [1.54, 1.807) is 18.3 Å². The number of ether oxygens (including phenoxy) is 1. The lowest BCUT2D eigenvalue weighted by molar-refractivity contribution is 0.340. The molecule has 24 heavy (non-hydrogen) atoms. The van der Waals surface area contributed by atoms with Crippen LogP contribution in [-0.4, -0.2) is 26.2 Å². The number of hydrogen-bond acceptors (Lipinski definition) is 4. The molecule has 7 heteroatoms. The molecule has 6 nitrogen and oxygen atoms in total. The quantitative estimate of drug-likeness (QED) is 0.533. The molecular weight excluding hydrogens is 326 g/mol. The van der Waals surface area contributed by atoms with Crippen molar-refractivity contribution in [1.29, 1.82) is 0 Å². The van der Waals surface area contributed by atoms with Crippen LogP contribution in [0.2, 0.25) is 0 Å². The minimum atomic E-state index is -3.71. The van der Waals surface area contributed by atoms with E-state index in [1.165, 1.54) is 18.3 Å². The van der Waals surface area contributed by atoms with Gasteiger partial charge >= 0.3 is 0 Å². The Morgan fingerprint density at radius 1 is 1.17 bits per heavy atom. The molecular formula is C17H17N3O3S. The van der Waals surface area contributed by atoms with Crippen LogP contribution in [0.4, 0.5) is 0 Å². The van der Waals surface area contributed by atoms with Crippen LogP contribution in [0, 0.1) is 0 Å². The normalized spacial score (nSPS) is 11.9. The molecule has 0 atom stereocenters. The molecule has 3 aromatic rings. The first-order valence-electron chi connectivity index (χ1n) is 7.44. The molecule has 0 spiro atoms. The predicted octanol–water partition coefficient (Wildman–Crippen LogP) is 2.88. The number of rotatable bonds is 6. The summed E-state index contributed by atoms with van der Waals surface area (Å²) in [6, 6.07) is 13.9. The molecule has 0 aliphatic carbocycles. The summed E-state index contributed by atoms with van der Waals surface area (Å²) in [5.41, 5.74) is 1.77. The molecule has 0 fully saturated rings. The summed E-state index contributed by atoms with van der Waals surface area (Å²) >= 11 is 0. The van der Waals surface area contributed by atoms with Gasteiger partial charge in [-0.25, -0.2) is 4.83 Å². The SMILES string of the molecule is CCOc1ccc(S(=O)(=O)NN=Cc2c[nH]c3ccccc23)cc1. The van der Waals surface area contributed by atoms with Gasteiger partial charge in [-0.3, -0.25) is 0 Å². The summed E-state index contributed by atoms with van der Waals surface area (Å²) in [5.74, 6) is 0.624. The molecule has 0 bridgehead atoms. The van der Waals surface area contributed by atoms with Crippen molar-refractivity contribution in [3.8, 4) is 5.75 Å². The number of para-hydroxylation sites is 1. The molecule has 2 N–H and O–H groups in total. The van der Waals surface area contributed by atoms with E-state index in [4.69, 9.17) is 4.74 Å². The highest BCUT2D eigenvalue weighted by molar-refractivity contribution is 7.89. The average Bonchev–Trinajstić information content (AvgIpc) is 2.99. The minimum absolute atomic E-state index is 0.127. The number of nitrogens with zero attached hydrogens (tertiary/aromatic N) is 1. The second kappa shape index (κ2) is 6.76. The lowest BCUT2D eigenvalue weighted by Crippen LogP contribution is -2.18. The number of hydrazone groups is 1. The maximum Gasteiger partial charge on any atom is 0.276 e. The number of aromatic amines is 1. The number of H-pyrrole nitrogens is 1. The third-order valence-corrected chi connectivity index (χ3v) is 4.68. The van der Waals surface area contributed by atoms with E-state index in [2.05, 4.69) is 14.9 Å². The summed E-state index contributed by atoms with van der Waals surface area (Å²) < 4.78 is 29.7. The molecule has 1 aromatic heterocycles. The van der Waals surface area contributed by atoms with Crippen LogP contribution in [-0.2, 0) is 10.0 Å². The Hall–Kier alpha value is -2.80. The maximum atomic E-state index is 12.2. The molecule has 0 saturated carbocycles. The molecule has 0 radical (unpaired) electrons. The molecule has 124 valence electrons. The first-order valence-corrected chi connectivity index (χ1v) is 8.92. The van der Waals surface area contributed by atoms with Gasteiger partial charge in [-0.15, -0.1) is 0 Å². The van der Waals surface area contributed by atoms with E-state index >= 15 is 0 Å². The lowest BCUT2D eigenvalue weighted by Gasteiger charge is -2.05. The minimum Gasteiger partial charge on any atom is -0.494 e. The molecule has 0 saturated heterocycles. The van der Waals surface area contributed by atoms with Crippen LogP contribution in [0.5, 0.6) is 5.75 Å². The highest BCUT2D eigenvalue weighted by atomic mass is 32.2. The highest BCUT2D eigenvalue weighted by Crippen LogP contribution is 2.17. The smallest absolute Gasteiger partial charge is 0.276 e. The van der Waals surface area contributed by atoms with Gasteiger partial charge in [0.1, 0.15) is 5.75 Å². The Labute approximate surface area is 140 Å². The van der Waals surface area contributed by atoms with Gasteiger partial charge < -0.3 is 9.72 Å². The van der Waals surface area contributed by atoms with Gasteiger partial charge in [0.15, 0.2) is 0 Å². The van der Waals surface area contributed by atoms with Crippen molar-refractivity contribution in [1.82, 2.24) is 9.82 Å². The number of sulfonamides is 1. The van der Waals surface area contributed by atoms with Gasteiger partial charge in [0.2, 0.25) is 0 Å². The van der Waals surface area contributed by atoms with Gasteiger partial charge in [0.05, 0.1) is 17.7 Å². The standard InChI is InChI=1S/C17H17N3O3S/c1-2-23-14-7-9-15(10-8-14)24(21,22)20-19-12-13-11-18-17-6-4-3-5-16(13)17/h3-12,18,20H,2H2,1H3. The maximum absolute atomic E-state index is 12.2. The van der Waals surface area contributed by atoms with Crippen molar-refractivity contribution >= 4 is 27.1 Å². The highest BCUT2D eigenvalue weighted by Gasteiger charge is 2.12. The Morgan fingerprint density at radius 3 is 2.67 bits per heavy atom. The summed E-state index contributed by atoms with van der Waals surface area (Å²) in [6.07, 6.45) is 3.25. The Bertz CT molecular complexity index is 960. The second-order valence-electron chi connectivity index (χ2n) is 5.05. The van der Waals surface area contributed by atoms with Crippen molar-refractivity contribution in [3.05, 3.63) is 60.3 Å². The number of fused-ring (bicyclic) bond motifs is 1. The molecule has 0 amide bonds. The third kappa shape index (κ3) is 3.41. The van der Waals surface area contributed by atoms with Crippen molar-refractivity contribution in [3.63, 3.8) is 0 Å². The van der Waals surface area contributed by atoms with Crippen LogP contribution in [0.3, 0.4) is 0 Å². The average molecular weight is 343 g/mol. The Balaban J connectivity index is 1.75. The summed E-state index contributed by atoms with van der Waals surface area (Å²) in [5, 5.41) is 4.83. The zero-order valence-electron chi connectivity index (χ0n) is 13.1. The van der Waals surface area contributed by atoms with Crippen LogP contribution < -0.4 is 9.57 Å². The fourth-order valence-corrected chi connectivity index (χ4v) is 3.09. The number of benzene rings is 2. The van der Waals surface area contributed by atoms with E-state index in [9.17, 15) is 8.42 Å². The fourth-order valence-electron chi connectivity index (χ4n) is 2.30. The molecule has 0 aliphatic heterocycles. The van der Waals surface area contributed by atoms with E-state index in [0.717, 1.165) is 16.5 Å². The van der Waals surface area contributed by atoms with E-state index in [1.807, 2.05) is 31.2 Å². The van der Waals surface area contributed by atoms with Crippen LogP contribution in [0.1, 0.15) is 12.5 Å². The monoisotopic (exact) mass is 343 g/mol. The largest absolute Gasteiger partial charge is 0.494 e. The first kappa shape index (κ1) is 16.1. The predicted molar refractivity (Wildman–Crippen MR) is 93.8 cm³/mol. The molecule has 3 rings (SSSR count).